The van der Waals surface area contributed by atoms with Crippen LogP contribution in [-0.2, 0) is 0 Å². The van der Waals surface area contributed by atoms with Crippen LogP contribution < -0.4 is 5.32 Å². The lowest BCUT2D eigenvalue weighted by molar-refractivity contribution is 0.129. The maximum Gasteiger partial charge on any atom is 0.0198 e. The van der Waals surface area contributed by atoms with E-state index in [9.17, 15) is 0 Å². The number of piperidine rings is 1. The van der Waals surface area contributed by atoms with Gasteiger partial charge in [-0.25, -0.2) is 0 Å². The van der Waals surface area contributed by atoms with Crippen molar-refractivity contribution >= 4 is 0 Å². The Hall–Kier alpha value is -0.0800. The number of rotatable bonds is 5. The van der Waals surface area contributed by atoms with E-state index < -0.39 is 0 Å². The molecule has 88 valence electrons. The lowest BCUT2D eigenvalue weighted by atomic mass is 9.90. The van der Waals surface area contributed by atoms with Crippen molar-refractivity contribution in [2.24, 2.45) is 5.92 Å². The first-order chi connectivity index (χ1) is 7.33. The summed E-state index contributed by atoms with van der Waals surface area (Å²) in [6.45, 7) is 8.35. The minimum absolute atomic E-state index is 0.765. The molecule has 0 bridgehead atoms. The van der Waals surface area contributed by atoms with Crippen molar-refractivity contribution in [1.29, 1.82) is 0 Å². The number of likely N-dealkylation sites (N-methyl/N-ethyl adjacent to an activating group) is 1. The molecule has 2 unspecified atom stereocenters. The zero-order valence-electron chi connectivity index (χ0n) is 10.3. The van der Waals surface area contributed by atoms with Gasteiger partial charge in [0, 0.05) is 25.2 Å². The Labute approximate surface area is 94.4 Å². The minimum atomic E-state index is 0.765. The molecule has 2 aliphatic rings. The van der Waals surface area contributed by atoms with E-state index in [-0.39, 0.29) is 0 Å². The molecule has 1 heterocycles. The summed E-state index contributed by atoms with van der Waals surface area (Å²) in [5.74, 6) is 0.952. The van der Waals surface area contributed by atoms with Gasteiger partial charge in [0.25, 0.3) is 0 Å². The van der Waals surface area contributed by atoms with Crippen molar-refractivity contribution in [3.63, 3.8) is 0 Å². The summed E-state index contributed by atoms with van der Waals surface area (Å²) >= 11 is 0. The molecule has 0 amide bonds. The second-order valence-electron chi connectivity index (χ2n) is 5.33. The van der Waals surface area contributed by atoms with Crippen LogP contribution in [0.15, 0.2) is 0 Å². The zero-order chi connectivity index (χ0) is 10.7. The first-order valence-corrected chi connectivity index (χ1v) is 6.80. The molecule has 0 spiro atoms. The number of hydrogen-bond acceptors (Lipinski definition) is 2. The van der Waals surface area contributed by atoms with Gasteiger partial charge in [-0.15, -0.1) is 0 Å². The van der Waals surface area contributed by atoms with Crippen LogP contribution in [0, 0.1) is 5.92 Å². The van der Waals surface area contributed by atoms with E-state index in [2.05, 4.69) is 24.1 Å². The third kappa shape index (κ3) is 3.18. The van der Waals surface area contributed by atoms with Gasteiger partial charge in [-0.05, 0) is 38.1 Å². The first kappa shape index (κ1) is 11.4. The first-order valence-electron chi connectivity index (χ1n) is 6.80. The van der Waals surface area contributed by atoms with E-state index in [0.29, 0.717) is 0 Å². The molecule has 0 aromatic rings. The Kier molecular flexibility index (Phi) is 4.04. The van der Waals surface area contributed by atoms with Crippen LogP contribution in [0.5, 0.6) is 0 Å². The molecule has 0 aromatic heterocycles. The highest BCUT2D eigenvalue weighted by Crippen LogP contribution is 2.32. The highest BCUT2D eigenvalue weighted by atomic mass is 15.2. The third-order valence-corrected chi connectivity index (χ3v) is 3.82. The van der Waals surface area contributed by atoms with Crippen molar-refractivity contribution in [3.05, 3.63) is 0 Å². The molecule has 2 rings (SSSR count). The normalized spacial score (nSPS) is 33.2. The second kappa shape index (κ2) is 5.31. The largest absolute Gasteiger partial charge is 0.313 e. The molecule has 1 saturated carbocycles. The van der Waals surface area contributed by atoms with Crippen molar-refractivity contribution in [2.75, 3.05) is 19.6 Å². The topological polar surface area (TPSA) is 15.3 Å². The molecule has 0 radical (unpaired) electrons. The van der Waals surface area contributed by atoms with Crippen LogP contribution in [0.3, 0.4) is 0 Å². The van der Waals surface area contributed by atoms with E-state index in [1.165, 1.54) is 45.2 Å². The van der Waals surface area contributed by atoms with E-state index in [0.717, 1.165) is 24.5 Å². The van der Waals surface area contributed by atoms with Gasteiger partial charge >= 0.3 is 0 Å². The average Bonchev–Trinajstić information content (AvgIpc) is 3.01. The van der Waals surface area contributed by atoms with Gasteiger partial charge in [0.2, 0.25) is 0 Å². The Morgan fingerprint density at radius 3 is 2.60 bits per heavy atom. The van der Waals surface area contributed by atoms with Gasteiger partial charge in [0.15, 0.2) is 0 Å². The molecule has 2 heteroatoms. The second-order valence-corrected chi connectivity index (χ2v) is 5.33. The molecule has 1 aliphatic carbocycles. The predicted octanol–water partition coefficient (Wildman–Crippen LogP) is 2.25. The quantitative estimate of drug-likeness (QED) is 0.749. The monoisotopic (exact) mass is 210 g/mol. The molecular weight excluding hydrogens is 184 g/mol. The Bertz CT molecular complexity index is 175. The summed E-state index contributed by atoms with van der Waals surface area (Å²) in [5.41, 5.74) is 0. The van der Waals surface area contributed by atoms with E-state index in [1.54, 1.807) is 0 Å². The smallest absolute Gasteiger partial charge is 0.0198 e. The highest BCUT2D eigenvalue weighted by molar-refractivity contribution is 4.92. The van der Waals surface area contributed by atoms with Crippen molar-refractivity contribution in [3.8, 4) is 0 Å². The Morgan fingerprint density at radius 1 is 1.20 bits per heavy atom. The van der Waals surface area contributed by atoms with Gasteiger partial charge in [-0.2, -0.15) is 0 Å². The lowest BCUT2D eigenvalue weighted by Crippen LogP contribution is -2.49. The van der Waals surface area contributed by atoms with Gasteiger partial charge in [0.1, 0.15) is 0 Å². The molecule has 1 aliphatic heterocycles. The summed E-state index contributed by atoms with van der Waals surface area (Å²) in [6.07, 6.45) is 7.09. The molecule has 15 heavy (non-hydrogen) atoms. The van der Waals surface area contributed by atoms with Crippen LogP contribution in [0.25, 0.3) is 0 Å². The van der Waals surface area contributed by atoms with E-state index in [4.69, 9.17) is 0 Å². The average molecular weight is 210 g/mol. The van der Waals surface area contributed by atoms with Crippen LogP contribution in [0.4, 0.5) is 0 Å². The fourth-order valence-electron chi connectivity index (χ4n) is 3.03. The fraction of sp³-hybridized carbons (Fsp3) is 1.00. The number of nitrogens with zero attached hydrogens (tertiary/aromatic N) is 1. The Morgan fingerprint density at radius 2 is 2.00 bits per heavy atom. The lowest BCUT2D eigenvalue weighted by Gasteiger charge is -2.38. The van der Waals surface area contributed by atoms with Gasteiger partial charge in [0.05, 0.1) is 0 Å². The molecule has 2 nitrogen and oxygen atoms in total. The van der Waals surface area contributed by atoms with Gasteiger partial charge < -0.3 is 5.32 Å². The van der Waals surface area contributed by atoms with Gasteiger partial charge in [-0.1, -0.05) is 20.3 Å². The third-order valence-electron chi connectivity index (χ3n) is 3.82. The fourth-order valence-corrected chi connectivity index (χ4v) is 3.03. The van der Waals surface area contributed by atoms with Crippen molar-refractivity contribution in [2.45, 2.75) is 58.0 Å². The molecule has 1 N–H and O–H groups in total. The number of likely N-dealkylation sites (tertiary alicyclic amines) is 1. The standard InChI is InChI=1S/C13H26N2/c1-3-5-11-8-12(14-4-2)10-15(9-11)13-6-7-13/h11-14H,3-10H2,1-2H3. The predicted molar refractivity (Wildman–Crippen MR) is 65.1 cm³/mol. The maximum absolute atomic E-state index is 3.64. The zero-order valence-corrected chi connectivity index (χ0v) is 10.3. The number of nitrogens with one attached hydrogen (secondary N) is 1. The van der Waals surface area contributed by atoms with Crippen molar-refractivity contribution < 1.29 is 0 Å². The molecule has 2 fully saturated rings. The summed E-state index contributed by atoms with van der Waals surface area (Å²) < 4.78 is 0. The van der Waals surface area contributed by atoms with Crippen LogP contribution in [-0.4, -0.2) is 36.6 Å². The maximum atomic E-state index is 3.64. The highest BCUT2D eigenvalue weighted by Gasteiger charge is 2.35. The Balaban J connectivity index is 1.85. The molecule has 2 atom stereocenters. The van der Waals surface area contributed by atoms with E-state index >= 15 is 0 Å². The molecular formula is C13H26N2. The van der Waals surface area contributed by atoms with Crippen LogP contribution >= 0.6 is 0 Å². The summed E-state index contributed by atoms with van der Waals surface area (Å²) in [5, 5.41) is 3.64. The van der Waals surface area contributed by atoms with Crippen LogP contribution in [0.1, 0.15) is 46.0 Å². The molecule has 1 saturated heterocycles. The van der Waals surface area contributed by atoms with Crippen LogP contribution in [0.2, 0.25) is 0 Å². The SMILES string of the molecule is CCCC1CC(NCC)CN(C2CC2)C1. The number of hydrogen-bond donors (Lipinski definition) is 1. The summed E-state index contributed by atoms with van der Waals surface area (Å²) in [7, 11) is 0. The van der Waals surface area contributed by atoms with E-state index in [1.807, 2.05) is 0 Å². The molecule has 0 aromatic carbocycles. The van der Waals surface area contributed by atoms with Gasteiger partial charge in [-0.3, -0.25) is 4.90 Å². The minimum Gasteiger partial charge on any atom is -0.313 e. The van der Waals surface area contributed by atoms with Crippen molar-refractivity contribution in [1.82, 2.24) is 10.2 Å². The summed E-state index contributed by atoms with van der Waals surface area (Å²) in [4.78, 5) is 2.75. The summed E-state index contributed by atoms with van der Waals surface area (Å²) in [6, 6.07) is 1.71.